The summed E-state index contributed by atoms with van der Waals surface area (Å²) >= 11 is 0. The molecule has 0 amide bonds. The van der Waals surface area contributed by atoms with E-state index in [9.17, 15) is 13.0 Å². The van der Waals surface area contributed by atoms with Gasteiger partial charge in [-0.2, -0.15) is 0 Å². The van der Waals surface area contributed by atoms with Gasteiger partial charge in [0.25, 0.3) is 0 Å². The van der Waals surface area contributed by atoms with Crippen molar-refractivity contribution in [1.29, 1.82) is 0 Å². The Balaban J connectivity index is 0.000001000. The standard InChI is InChI=1S/C5H9NO3S.Li/c7-10(8,9)6-5-3-1-2-4-5;/h1-2,5-6H,3-4H2,(H,7,8,9);/q;+1/p-1. The zero-order valence-electron chi connectivity index (χ0n) is 6.28. The van der Waals surface area contributed by atoms with Gasteiger partial charge in [-0.15, -0.1) is 0 Å². The van der Waals surface area contributed by atoms with Crippen molar-refractivity contribution in [1.82, 2.24) is 4.72 Å². The molecule has 1 rings (SSSR count). The fourth-order valence-corrected chi connectivity index (χ4v) is 1.52. The van der Waals surface area contributed by atoms with Crippen molar-refractivity contribution < 1.29 is 31.8 Å². The Bertz CT molecular complexity index is 228. The summed E-state index contributed by atoms with van der Waals surface area (Å²) in [5.41, 5.74) is 0. The van der Waals surface area contributed by atoms with Crippen LogP contribution in [0.5, 0.6) is 0 Å². The molecule has 0 fully saturated rings. The molecule has 0 heterocycles. The second-order valence-electron chi connectivity index (χ2n) is 2.21. The molecular formula is C5H8LiNO3S. The van der Waals surface area contributed by atoms with Crippen LogP contribution in [0, 0.1) is 0 Å². The van der Waals surface area contributed by atoms with Crippen molar-refractivity contribution in [3.63, 3.8) is 0 Å². The zero-order valence-corrected chi connectivity index (χ0v) is 7.10. The Morgan fingerprint density at radius 2 is 1.82 bits per heavy atom. The summed E-state index contributed by atoms with van der Waals surface area (Å²) in [4.78, 5) is 0. The summed E-state index contributed by atoms with van der Waals surface area (Å²) in [5.74, 6) is 0. The van der Waals surface area contributed by atoms with Gasteiger partial charge in [0.2, 0.25) is 0 Å². The zero-order chi connectivity index (χ0) is 7.61. The third kappa shape index (κ3) is 4.61. The number of rotatable bonds is 2. The minimum atomic E-state index is -4.25. The van der Waals surface area contributed by atoms with Crippen LogP contribution in [0.15, 0.2) is 12.2 Å². The summed E-state index contributed by atoms with van der Waals surface area (Å²) in [6.45, 7) is 0. The van der Waals surface area contributed by atoms with E-state index in [-0.39, 0.29) is 24.9 Å². The third-order valence-electron chi connectivity index (χ3n) is 1.32. The van der Waals surface area contributed by atoms with Gasteiger partial charge in [-0.05, 0) is 12.8 Å². The first-order valence-corrected chi connectivity index (χ1v) is 4.37. The molecule has 0 bridgehead atoms. The van der Waals surface area contributed by atoms with E-state index in [1.165, 1.54) is 0 Å². The molecule has 0 saturated carbocycles. The Kier molecular flexibility index (Phi) is 4.37. The maximum Gasteiger partial charge on any atom is 1.00 e. The van der Waals surface area contributed by atoms with Crippen LogP contribution >= 0.6 is 0 Å². The Labute approximate surface area is 78.1 Å². The van der Waals surface area contributed by atoms with Gasteiger partial charge in [0.1, 0.15) is 0 Å². The van der Waals surface area contributed by atoms with Gasteiger partial charge in [-0.25, -0.2) is 13.1 Å². The average molecular weight is 169 g/mol. The van der Waals surface area contributed by atoms with Crippen LogP contribution in [-0.4, -0.2) is 19.0 Å². The normalized spacial score (nSPS) is 18.3. The van der Waals surface area contributed by atoms with Crippen molar-refractivity contribution in [2.45, 2.75) is 18.9 Å². The van der Waals surface area contributed by atoms with E-state index in [2.05, 4.69) is 0 Å². The molecule has 0 radical (unpaired) electrons. The second kappa shape index (κ2) is 4.29. The topological polar surface area (TPSA) is 69.2 Å². The van der Waals surface area contributed by atoms with Crippen molar-refractivity contribution in [2.24, 2.45) is 0 Å². The first-order chi connectivity index (χ1) is 4.58. The molecule has 58 valence electrons. The monoisotopic (exact) mass is 169 g/mol. The number of nitrogens with one attached hydrogen (secondary N) is 1. The van der Waals surface area contributed by atoms with Crippen LogP contribution in [0.3, 0.4) is 0 Å². The quantitative estimate of drug-likeness (QED) is 0.268. The van der Waals surface area contributed by atoms with Crippen LogP contribution in [0.1, 0.15) is 12.8 Å². The predicted octanol–water partition coefficient (Wildman–Crippen LogP) is -3.24. The maximum absolute atomic E-state index is 10.1. The molecule has 0 spiro atoms. The average Bonchev–Trinajstić information content (AvgIpc) is 2.12. The molecule has 0 aliphatic heterocycles. The molecule has 1 aliphatic carbocycles. The molecule has 0 aromatic rings. The Morgan fingerprint density at radius 1 is 1.36 bits per heavy atom. The Hall–Kier alpha value is 0.207. The van der Waals surface area contributed by atoms with Crippen LogP contribution < -0.4 is 23.6 Å². The van der Waals surface area contributed by atoms with Gasteiger partial charge in [-0.3, -0.25) is 0 Å². The van der Waals surface area contributed by atoms with Crippen molar-refractivity contribution in [3.8, 4) is 0 Å². The van der Waals surface area contributed by atoms with Gasteiger partial charge in [0.15, 0.2) is 10.3 Å². The first kappa shape index (κ1) is 11.2. The molecule has 11 heavy (non-hydrogen) atoms. The summed E-state index contributed by atoms with van der Waals surface area (Å²) in [7, 11) is -4.25. The second-order valence-corrected chi connectivity index (χ2v) is 3.36. The van der Waals surface area contributed by atoms with E-state index < -0.39 is 10.3 Å². The van der Waals surface area contributed by atoms with Gasteiger partial charge in [0, 0.05) is 6.04 Å². The summed E-state index contributed by atoms with van der Waals surface area (Å²) < 4.78 is 32.3. The van der Waals surface area contributed by atoms with Crippen molar-refractivity contribution in [3.05, 3.63) is 12.2 Å². The molecule has 4 nitrogen and oxygen atoms in total. The fraction of sp³-hybridized carbons (Fsp3) is 0.600. The minimum Gasteiger partial charge on any atom is -0.735 e. The first-order valence-electron chi connectivity index (χ1n) is 2.96. The molecule has 1 N–H and O–H groups in total. The van der Waals surface area contributed by atoms with Gasteiger partial charge >= 0.3 is 18.9 Å². The molecule has 0 aromatic heterocycles. The summed E-state index contributed by atoms with van der Waals surface area (Å²) in [5, 5.41) is 0. The van der Waals surface area contributed by atoms with Crippen LogP contribution in [0.4, 0.5) is 0 Å². The van der Waals surface area contributed by atoms with E-state index >= 15 is 0 Å². The fourth-order valence-electron chi connectivity index (χ4n) is 0.918. The van der Waals surface area contributed by atoms with Crippen LogP contribution in [0.25, 0.3) is 0 Å². The van der Waals surface area contributed by atoms with Gasteiger partial charge in [-0.1, -0.05) is 12.2 Å². The molecule has 0 aromatic carbocycles. The largest absolute Gasteiger partial charge is 1.00 e. The van der Waals surface area contributed by atoms with E-state index in [1.54, 1.807) is 0 Å². The van der Waals surface area contributed by atoms with E-state index in [1.807, 2.05) is 16.9 Å². The minimum absolute atomic E-state index is 0. The van der Waals surface area contributed by atoms with Crippen LogP contribution in [-0.2, 0) is 10.3 Å². The molecule has 0 saturated heterocycles. The summed E-state index contributed by atoms with van der Waals surface area (Å²) in [6.07, 6.45) is 4.95. The summed E-state index contributed by atoms with van der Waals surface area (Å²) in [6, 6.07) is -0.206. The SMILES string of the molecule is O=S(=O)([O-])NC1CC=CC1.[Li+]. The molecule has 0 unspecified atom stereocenters. The molecule has 1 aliphatic rings. The Morgan fingerprint density at radius 3 is 2.18 bits per heavy atom. The van der Waals surface area contributed by atoms with E-state index in [4.69, 9.17) is 0 Å². The van der Waals surface area contributed by atoms with Crippen molar-refractivity contribution in [2.75, 3.05) is 0 Å². The maximum atomic E-state index is 10.1. The molecule has 0 atom stereocenters. The molecular weight excluding hydrogens is 161 g/mol. The number of hydrogen-bond acceptors (Lipinski definition) is 3. The van der Waals surface area contributed by atoms with Crippen LogP contribution in [0.2, 0.25) is 0 Å². The van der Waals surface area contributed by atoms with Crippen molar-refractivity contribution >= 4 is 10.3 Å². The smallest absolute Gasteiger partial charge is 0.735 e. The van der Waals surface area contributed by atoms with Gasteiger partial charge in [0.05, 0.1) is 0 Å². The van der Waals surface area contributed by atoms with E-state index in [0.717, 1.165) is 0 Å². The molecule has 6 heteroatoms. The van der Waals surface area contributed by atoms with E-state index in [0.29, 0.717) is 12.8 Å². The predicted molar refractivity (Wildman–Crippen MR) is 35.0 cm³/mol. The van der Waals surface area contributed by atoms with Gasteiger partial charge < -0.3 is 4.55 Å². The third-order valence-corrected chi connectivity index (χ3v) is 1.94. The number of hydrogen-bond donors (Lipinski definition) is 1.